The SMILES string of the molecule is CN1CCc2cccc(-c3cc(N(c4ccc(-c5ccccc5)cc4)c4cccc(-c5nc6ccccc6o5)c4)cc4c3-c3ccccc3C4(C)C)c21. The van der Waals surface area contributed by atoms with Gasteiger partial charge in [-0.25, -0.2) is 4.98 Å². The quantitative estimate of drug-likeness (QED) is 0.174. The summed E-state index contributed by atoms with van der Waals surface area (Å²) in [6.07, 6.45) is 1.06. The van der Waals surface area contributed by atoms with Crippen LogP contribution >= 0.6 is 0 Å². The van der Waals surface area contributed by atoms with Crippen molar-refractivity contribution in [1.82, 2.24) is 4.98 Å². The van der Waals surface area contributed by atoms with Crippen molar-refractivity contribution in [1.29, 1.82) is 0 Å². The fourth-order valence-electron chi connectivity index (χ4n) is 8.66. The molecule has 0 amide bonds. The molecule has 7 aromatic carbocycles. The van der Waals surface area contributed by atoms with E-state index in [4.69, 9.17) is 9.40 Å². The molecule has 2 heterocycles. The second-order valence-corrected chi connectivity index (χ2v) is 14.9. The second-order valence-electron chi connectivity index (χ2n) is 14.9. The molecule has 0 atom stereocenters. The molecule has 1 aliphatic carbocycles. The van der Waals surface area contributed by atoms with Crippen molar-refractivity contribution in [2.24, 2.45) is 0 Å². The molecule has 4 heteroatoms. The van der Waals surface area contributed by atoms with Gasteiger partial charge in [0.25, 0.3) is 0 Å². The molecule has 0 spiro atoms. The van der Waals surface area contributed by atoms with Crippen molar-refractivity contribution in [3.05, 3.63) is 174 Å². The maximum Gasteiger partial charge on any atom is 0.227 e. The number of hydrogen-bond acceptors (Lipinski definition) is 4. The summed E-state index contributed by atoms with van der Waals surface area (Å²) in [6.45, 7) is 5.78. The largest absolute Gasteiger partial charge is 0.436 e. The number of para-hydroxylation sites is 3. The molecule has 1 aliphatic heterocycles. The molecule has 0 saturated carbocycles. The van der Waals surface area contributed by atoms with Crippen molar-refractivity contribution >= 4 is 33.8 Å². The lowest BCUT2D eigenvalue weighted by Gasteiger charge is -2.30. The summed E-state index contributed by atoms with van der Waals surface area (Å²) in [5, 5.41) is 0. The molecular weight excluding hydrogens is 647 g/mol. The Kier molecular flexibility index (Phi) is 7.16. The summed E-state index contributed by atoms with van der Waals surface area (Å²) in [7, 11) is 2.23. The summed E-state index contributed by atoms with van der Waals surface area (Å²) < 4.78 is 6.28. The van der Waals surface area contributed by atoms with E-state index in [1.54, 1.807) is 0 Å². The van der Waals surface area contributed by atoms with E-state index in [9.17, 15) is 0 Å². The summed E-state index contributed by atoms with van der Waals surface area (Å²) in [5.74, 6) is 0.613. The van der Waals surface area contributed by atoms with Crippen LogP contribution in [0.4, 0.5) is 22.7 Å². The van der Waals surface area contributed by atoms with Crippen molar-refractivity contribution in [2.75, 3.05) is 23.4 Å². The molecular formula is C49H39N3O. The standard InChI is InChI=1S/C49H39N3O/c1-49(2)42-20-8-7-18-40(42)46-41(39-19-12-15-34-27-28-51(3)47(34)39)30-38(31-43(46)49)52(36-25-23-33(24-26-36)32-13-5-4-6-14-32)37-17-11-16-35(29-37)48-50-44-21-9-10-22-45(44)53-48/h4-26,29-31H,27-28H2,1-3H3. The third-order valence-electron chi connectivity index (χ3n) is 11.3. The van der Waals surface area contributed by atoms with E-state index < -0.39 is 0 Å². The molecule has 2 aliphatic rings. The molecule has 0 bridgehead atoms. The van der Waals surface area contributed by atoms with Gasteiger partial charge in [0.05, 0.1) is 0 Å². The van der Waals surface area contributed by atoms with Gasteiger partial charge in [-0.3, -0.25) is 0 Å². The van der Waals surface area contributed by atoms with Gasteiger partial charge in [-0.1, -0.05) is 117 Å². The Labute approximate surface area is 310 Å². The van der Waals surface area contributed by atoms with Crippen molar-refractivity contribution in [3.63, 3.8) is 0 Å². The Hall–Kier alpha value is -6.39. The maximum absolute atomic E-state index is 6.28. The van der Waals surface area contributed by atoms with Gasteiger partial charge < -0.3 is 14.2 Å². The summed E-state index contributed by atoms with van der Waals surface area (Å²) in [4.78, 5) is 9.70. The van der Waals surface area contributed by atoms with Crippen LogP contribution in [0.1, 0.15) is 30.5 Å². The first-order valence-corrected chi connectivity index (χ1v) is 18.5. The second kappa shape index (κ2) is 12.1. The molecule has 0 unspecified atom stereocenters. The van der Waals surface area contributed by atoms with Gasteiger partial charge in [0.1, 0.15) is 5.52 Å². The lowest BCUT2D eigenvalue weighted by Crippen LogP contribution is -2.17. The van der Waals surface area contributed by atoms with E-state index in [1.165, 1.54) is 55.8 Å². The van der Waals surface area contributed by atoms with Crippen LogP contribution in [0.5, 0.6) is 0 Å². The number of rotatable bonds is 6. The zero-order valence-electron chi connectivity index (χ0n) is 30.2. The van der Waals surface area contributed by atoms with Crippen molar-refractivity contribution in [2.45, 2.75) is 25.7 Å². The molecule has 0 N–H and O–H groups in total. The smallest absolute Gasteiger partial charge is 0.227 e. The summed E-state index contributed by atoms with van der Waals surface area (Å²) in [6, 6.07) is 56.8. The van der Waals surface area contributed by atoms with E-state index in [-0.39, 0.29) is 5.41 Å². The molecule has 0 radical (unpaired) electrons. The zero-order chi connectivity index (χ0) is 35.7. The molecule has 0 saturated heterocycles. The van der Waals surface area contributed by atoms with Crippen LogP contribution < -0.4 is 9.80 Å². The van der Waals surface area contributed by atoms with Gasteiger partial charge >= 0.3 is 0 Å². The summed E-state index contributed by atoms with van der Waals surface area (Å²) in [5.41, 5.74) is 18.6. The number of aromatic nitrogens is 1. The van der Waals surface area contributed by atoms with Gasteiger partial charge in [-0.15, -0.1) is 0 Å². The number of fused-ring (bicyclic) bond motifs is 5. The zero-order valence-corrected chi connectivity index (χ0v) is 30.2. The highest BCUT2D eigenvalue weighted by atomic mass is 16.3. The Morgan fingerprint density at radius 1 is 0.585 bits per heavy atom. The average Bonchev–Trinajstić information content (AvgIpc) is 3.88. The Balaban J connectivity index is 1.22. The molecule has 4 nitrogen and oxygen atoms in total. The Morgan fingerprint density at radius 3 is 2.15 bits per heavy atom. The van der Waals surface area contributed by atoms with E-state index in [0.29, 0.717) is 5.89 Å². The van der Waals surface area contributed by atoms with Crippen LogP contribution in [0.2, 0.25) is 0 Å². The van der Waals surface area contributed by atoms with Crippen LogP contribution in [0, 0.1) is 0 Å². The number of oxazole rings is 1. The predicted molar refractivity (Wildman–Crippen MR) is 220 cm³/mol. The van der Waals surface area contributed by atoms with E-state index in [2.05, 4.69) is 164 Å². The number of benzene rings is 7. The van der Waals surface area contributed by atoms with Crippen LogP contribution in [0.3, 0.4) is 0 Å². The highest BCUT2D eigenvalue weighted by Crippen LogP contribution is 2.56. The Morgan fingerprint density at radius 2 is 1.30 bits per heavy atom. The molecule has 10 rings (SSSR count). The third kappa shape index (κ3) is 5.08. The van der Waals surface area contributed by atoms with Crippen molar-refractivity contribution < 1.29 is 4.42 Å². The number of hydrogen-bond donors (Lipinski definition) is 0. The van der Waals surface area contributed by atoms with Gasteiger partial charge in [0, 0.05) is 52.9 Å². The van der Waals surface area contributed by atoms with Crippen LogP contribution in [0.15, 0.2) is 162 Å². The average molecular weight is 686 g/mol. The highest BCUT2D eigenvalue weighted by molar-refractivity contribution is 5.99. The van der Waals surface area contributed by atoms with Crippen LogP contribution in [0.25, 0.3) is 55.9 Å². The number of anilines is 4. The first kappa shape index (κ1) is 31.4. The minimum atomic E-state index is -0.191. The highest BCUT2D eigenvalue weighted by Gasteiger charge is 2.38. The van der Waals surface area contributed by atoms with Gasteiger partial charge in [0.2, 0.25) is 5.89 Å². The molecule has 0 fully saturated rings. The van der Waals surface area contributed by atoms with Crippen LogP contribution in [-0.2, 0) is 11.8 Å². The predicted octanol–water partition coefficient (Wildman–Crippen LogP) is 12.6. The maximum atomic E-state index is 6.28. The molecule has 8 aromatic rings. The van der Waals surface area contributed by atoms with Gasteiger partial charge in [-0.2, -0.15) is 0 Å². The van der Waals surface area contributed by atoms with Gasteiger partial charge in [-0.05, 0) is 106 Å². The minimum absolute atomic E-state index is 0.191. The minimum Gasteiger partial charge on any atom is -0.436 e. The normalized spacial score (nSPS) is 13.9. The fourth-order valence-corrected chi connectivity index (χ4v) is 8.66. The first-order valence-electron chi connectivity index (χ1n) is 18.5. The molecule has 256 valence electrons. The lowest BCUT2D eigenvalue weighted by molar-refractivity contribution is 0.620. The fraction of sp³-hybridized carbons (Fsp3) is 0.122. The third-order valence-corrected chi connectivity index (χ3v) is 11.3. The van der Waals surface area contributed by atoms with E-state index in [1.807, 2.05) is 24.3 Å². The van der Waals surface area contributed by atoms with Gasteiger partial charge in [0.15, 0.2) is 5.58 Å². The van der Waals surface area contributed by atoms with Crippen molar-refractivity contribution in [3.8, 4) is 44.8 Å². The number of nitrogens with zero attached hydrogens (tertiary/aromatic N) is 3. The lowest BCUT2D eigenvalue weighted by atomic mass is 9.81. The summed E-state index contributed by atoms with van der Waals surface area (Å²) >= 11 is 0. The Bertz CT molecular complexity index is 2640. The monoisotopic (exact) mass is 685 g/mol. The topological polar surface area (TPSA) is 32.5 Å². The first-order chi connectivity index (χ1) is 25.9. The molecule has 53 heavy (non-hydrogen) atoms. The number of likely N-dealkylation sites (N-methyl/N-ethyl adjacent to an activating group) is 1. The van der Waals surface area contributed by atoms with Crippen LogP contribution in [-0.4, -0.2) is 18.6 Å². The van der Waals surface area contributed by atoms with E-state index in [0.717, 1.165) is 46.7 Å². The molecule has 1 aromatic heterocycles. The van der Waals surface area contributed by atoms with E-state index >= 15 is 0 Å².